The topological polar surface area (TPSA) is 68.5 Å². The predicted molar refractivity (Wildman–Crippen MR) is 97.4 cm³/mol. The molecule has 2 heterocycles. The third-order valence-electron chi connectivity index (χ3n) is 4.47. The van der Waals surface area contributed by atoms with Crippen LogP contribution in [0.4, 0.5) is 10.1 Å². The zero-order valence-corrected chi connectivity index (χ0v) is 15.1. The van der Waals surface area contributed by atoms with Crippen LogP contribution in [0, 0.1) is 5.82 Å². The molecule has 1 amide bonds. The van der Waals surface area contributed by atoms with Gasteiger partial charge >= 0.3 is 0 Å². The molecule has 1 aromatic heterocycles. The standard InChI is InChI=1S/C19H15ClFN3O3/c1-26-14-5-2-11(3-6-14)19-22-18(23-27-19)12-8-17(25)24(10-12)16-7-4-13(21)9-15(16)20/h2-7,9,12H,8,10H2,1H3. The summed E-state index contributed by atoms with van der Waals surface area (Å²) in [5, 5.41) is 4.22. The van der Waals surface area contributed by atoms with Crippen molar-refractivity contribution in [2.45, 2.75) is 12.3 Å². The molecule has 27 heavy (non-hydrogen) atoms. The zero-order valence-electron chi connectivity index (χ0n) is 14.4. The molecule has 0 spiro atoms. The van der Waals surface area contributed by atoms with Crippen molar-refractivity contribution >= 4 is 23.2 Å². The number of nitrogens with zero attached hydrogens (tertiary/aromatic N) is 3. The Labute approximate surface area is 159 Å². The highest BCUT2D eigenvalue weighted by atomic mass is 35.5. The lowest BCUT2D eigenvalue weighted by Gasteiger charge is -2.17. The summed E-state index contributed by atoms with van der Waals surface area (Å²) in [4.78, 5) is 18.4. The van der Waals surface area contributed by atoms with Crippen LogP contribution in [0.2, 0.25) is 5.02 Å². The normalized spacial score (nSPS) is 16.8. The van der Waals surface area contributed by atoms with Gasteiger partial charge in [0.25, 0.3) is 5.89 Å². The molecule has 0 saturated carbocycles. The second kappa shape index (κ2) is 7.00. The molecule has 1 unspecified atom stereocenters. The molecule has 0 bridgehead atoms. The Balaban J connectivity index is 1.54. The van der Waals surface area contributed by atoms with Gasteiger partial charge in [0.1, 0.15) is 11.6 Å². The van der Waals surface area contributed by atoms with Gasteiger partial charge < -0.3 is 14.2 Å². The lowest BCUT2D eigenvalue weighted by molar-refractivity contribution is -0.117. The summed E-state index contributed by atoms with van der Waals surface area (Å²) < 4.78 is 23.7. The van der Waals surface area contributed by atoms with E-state index in [-0.39, 0.29) is 23.3 Å². The van der Waals surface area contributed by atoms with Crippen LogP contribution in [0.3, 0.4) is 0 Å². The summed E-state index contributed by atoms with van der Waals surface area (Å²) in [5.74, 6) is 0.757. The van der Waals surface area contributed by atoms with Crippen LogP contribution in [0.25, 0.3) is 11.5 Å². The number of amides is 1. The fourth-order valence-corrected chi connectivity index (χ4v) is 3.33. The minimum atomic E-state index is -0.450. The van der Waals surface area contributed by atoms with Gasteiger partial charge in [-0.2, -0.15) is 4.98 Å². The third kappa shape index (κ3) is 3.38. The Morgan fingerprint density at radius 2 is 2.04 bits per heavy atom. The van der Waals surface area contributed by atoms with Crippen molar-refractivity contribution in [1.82, 2.24) is 10.1 Å². The minimum absolute atomic E-state index is 0.121. The third-order valence-corrected chi connectivity index (χ3v) is 4.77. The predicted octanol–water partition coefficient (Wildman–Crippen LogP) is 4.06. The van der Waals surface area contributed by atoms with Gasteiger partial charge in [-0.3, -0.25) is 4.79 Å². The average Bonchev–Trinajstić information content (AvgIpc) is 3.29. The molecule has 138 valence electrons. The first-order chi connectivity index (χ1) is 13.0. The van der Waals surface area contributed by atoms with E-state index >= 15 is 0 Å². The fraction of sp³-hybridized carbons (Fsp3) is 0.211. The number of halogens is 2. The van der Waals surface area contributed by atoms with Gasteiger partial charge in [0.05, 0.1) is 17.8 Å². The lowest BCUT2D eigenvalue weighted by atomic mass is 10.1. The molecule has 1 fully saturated rings. The van der Waals surface area contributed by atoms with Crippen molar-refractivity contribution in [2.75, 3.05) is 18.6 Å². The Kier molecular flexibility index (Phi) is 4.53. The molecule has 0 radical (unpaired) electrons. The van der Waals surface area contributed by atoms with Crippen LogP contribution in [-0.4, -0.2) is 29.7 Å². The molecule has 1 aliphatic rings. The molecular weight excluding hydrogens is 373 g/mol. The summed E-state index contributed by atoms with van der Waals surface area (Å²) in [7, 11) is 1.59. The van der Waals surface area contributed by atoms with Crippen LogP contribution in [-0.2, 0) is 4.79 Å². The first kappa shape index (κ1) is 17.5. The van der Waals surface area contributed by atoms with Crippen molar-refractivity contribution in [3.63, 3.8) is 0 Å². The van der Waals surface area contributed by atoms with E-state index in [0.717, 1.165) is 11.3 Å². The lowest BCUT2D eigenvalue weighted by Crippen LogP contribution is -2.24. The molecule has 1 aliphatic heterocycles. The Bertz CT molecular complexity index is 990. The number of aromatic nitrogens is 2. The number of carbonyl (C=O) groups is 1. The molecule has 3 aromatic rings. The quantitative estimate of drug-likeness (QED) is 0.675. The highest BCUT2D eigenvalue weighted by molar-refractivity contribution is 6.33. The van der Waals surface area contributed by atoms with Gasteiger partial charge in [-0.25, -0.2) is 4.39 Å². The number of benzene rings is 2. The smallest absolute Gasteiger partial charge is 0.257 e. The van der Waals surface area contributed by atoms with E-state index in [2.05, 4.69) is 10.1 Å². The van der Waals surface area contributed by atoms with Gasteiger partial charge in [0.15, 0.2) is 5.82 Å². The SMILES string of the molecule is COc1ccc(-c2nc(C3CC(=O)N(c4ccc(F)cc4Cl)C3)no2)cc1. The van der Waals surface area contributed by atoms with E-state index < -0.39 is 5.82 Å². The van der Waals surface area contributed by atoms with Gasteiger partial charge in [0.2, 0.25) is 5.91 Å². The summed E-state index contributed by atoms with van der Waals surface area (Å²) in [6, 6.07) is 11.2. The van der Waals surface area contributed by atoms with Crippen LogP contribution < -0.4 is 9.64 Å². The van der Waals surface area contributed by atoms with Crippen molar-refractivity contribution in [1.29, 1.82) is 0 Å². The number of ether oxygens (including phenoxy) is 1. The first-order valence-corrected chi connectivity index (χ1v) is 8.66. The second-order valence-corrected chi connectivity index (χ2v) is 6.59. The van der Waals surface area contributed by atoms with Crippen molar-refractivity contribution in [2.24, 2.45) is 0 Å². The molecule has 0 N–H and O–H groups in total. The molecule has 1 atom stereocenters. The van der Waals surface area contributed by atoms with Crippen LogP contribution in [0.1, 0.15) is 18.2 Å². The number of carbonyl (C=O) groups excluding carboxylic acids is 1. The van der Waals surface area contributed by atoms with Gasteiger partial charge in [-0.15, -0.1) is 0 Å². The highest BCUT2D eigenvalue weighted by Gasteiger charge is 2.35. The van der Waals surface area contributed by atoms with Crippen LogP contribution >= 0.6 is 11.6 Å². The number of methoxy groups -OCH3 is 1. The van der Waals surface area contributed by atoms with Crippen molar-refractivity contribution in [3.8, 4) is 17.2 Å². The van der Waals surface area contributed by atoms with E-state index in [1.54, 1.807) is 19.2 Å². The average molecular weight is 388 g/mol. The summed E-state index contributed by atoms with van der Waals surface area (Å²) in [5.41, 5.74) is 1.24. The van der Waals surface area contributed by atoms with Crippen molar-refractivity contribution in [3.05, 3.63) is 59.1 Å². The van der Waals surface area contributed by atoms with Gasteiger partial charge in [-0.1, -0.05) is 16.8 Å². The summed E-state index contributed by atoms with van der Waals surface area (Å²) >= 11 is 6.08. The Hall–Kier alpha value is -2.93. The molecule has 0 aliphatic carbocycles. The largest absolute Gasteiger partial charge is 0.497 e. The highest BCUT2D eigenvalue weighted by Crippen LogP contribution is 2.35. The number of rotatable bonds is 4. The maximum absolute atomic E-state index is 13.3. The minimum Gasteiger partial charge on any atom is -0.497 e. The van der Waals surface area contributed by atoms with Gasteiger partial charge in [0, 0.05) is 24.4 Å². The second-order valence-electron chi connectivity index (χ2n) is 6.19. The fourth-order valence-electron chi connectivity index (χ4n) is 3.07. The van der Waals surface area contributed by atoms with E-state index in [4.69, 9.17) is 20.9 Å². The summed E-state index contributed by atoms with van der Waals surface area (Å²) in [6.45, 7) is 0.353. The Morgan fingerprint density at radius 1 is 1.26 bits per heavy atom. The molecule has 6 nitrogen and oxygen atoms in total. The number of hydrogen-bond donors (Lipinski definition) is 0. The molecule has 2 aromatic carbocycles. The zero-order chi connectivity index (χ0) is 19.0. The van der Waals surface area contributed by atoms with E-state index in [1.807, 2.05) is 12.1 Å². The van der Waals surface area contributed by atoms with Crippen LogP contribution in [0.5, 0.6) is 5.75 Å². The van der Waals surface area contributed by atoms with E-state index in [9.17, 15) is 9.18 Å². The number of hydrogen-bond acceptors (Lipinski definition) is 5. The molecule has 8 heteroatoms. The van der Waals surface area contributed by atoms with Gasteiger partial charge in [-0.05, 0) is 42.5 Å². The van der Waals surface area contributed by atoms with E-state index in [0.29, 0.717) is 23.9 Å². The summed E-state index contributed by atoms with van der Waals surface area (Å²) in [6.07, 6.45) is 0.231. The molecule has 1 saturated heterocycles. The van der Waals surface area contributed by atoms with Crippen LogP contribution in [0.15, 0.2) is 47.0 Å². The molecular formula is C19H15ClFN3O3. The van der Waals surface area contributed by atoms with Crippen molar-refractivity contribution < 1.29 is 18.4 Å². The molecule has 4 rings (SSSR count). The number of anilines is 1. The van der Waals surface area contributed by atoms with E-state index in [1.165, 1.54) is 23.1 Å². The Morgan fingerprint density at radius 3 is 2.74 bits per heavy atom. The maximum atomic E-state index is 13.3. The maximum Gasteiger partial charge on any atom is 0.257 e. The monoisotopic (exact) mass is 387 g/mol. The first-order valence-electron chi connectivity index (χ1n) is 8.28.